The molecule has 0 N–H and O–H groups in total. The minimum absolute atomic E-state index is 0.153. The van der Waals surface area contributed by atoms with Gasteiger partial charge in [-0.3, -0.25) is 9.36 Å². The summed E-state index contributed by atoms with van der Waals surface area (Å²) in [6, 6.07) is 1.67. The molecule has 1 aromatic heterocycles. The van der Waals surface area contributed by atoms with E-state index in [1.807, 2.05) is 0 Å². The SMILES string of the molecule is C=C/C(Oc1cc(-n2c(=O)cc(C(F)(F)F)n(C)c2=O)c(F)cc1Cl)=C(\N=CC)OCC(=O)OC. The molecule has 35 heavy (non-hydrogen) atoms. The topological polar surface area (TPSA) is 101 Å². The Morgan fingerprint density at radius 1 is 1.26 bits per heavy atom. The number of carbonyl (C=O) groups excluding carboxylic acids is 1. The van der Waals surface area contributed by atoms with Crippen LogP contribution in [0.15, 0.2) is 57.1 Å². The maximum Gasteiger partial charge on any atom is 0.431 e. The molecule has 1 heterocycles. The van der Waals surface area contributed by atoms with E-state index in [2.05, 4.69) is 16.3 Å². The number of methoxy groups -OCH3 is 1. The van der Waals surface area contributed by atoms with Gasteiger partial charge in [-0.1, -0.05) is 18.2 Å². The van der Waals surface area contributed by atoms with Crippen LogP contribution in [0.5, 0.6) is 5.75 Å². The number of aromatic nitrogens is 2. The van der Waals surface area contributed by atoms with E-state index in [-0.39, 0.29) is 37.6 Å². The van der Waals surface area contributed by atoms with Gasteiger partial charge in [-0.2, -0.15) is 13.2 Å². The number of nitrogens with zero attached hydrogens (tertiary/aromatic N) is 3. The zero-order valence-electron chi connectivity index (χ0n) is 18.5. The number of esters is 1. The molecule has 0 atom stereocenters. The zero-order valence-corrected chi connectivity index (χ0v) is 19.2. The number of rotatable bonds is 8. The fourth-order valence-electron chi connectivity index (χ4n) is 2.65. The summed E-state index contributed by atoms with van der Waals surface area (Å²) in [6.07, 6.45) is -2.59. The lowest BCUT2D eigenvalue weighted by Crippen LogP contribution is -2.41. The molecule has 0 amide bonds. The molecular formula is C21H18ClF4N3O6. The number of benzene rings is 1. The minimum atomic E-state index is -5.00. The van der Waals surface area contributed by atoms with Crippen molar-refractivity contribution < 1.29 is 36.6 Å². The summed E-state index contributed by atoms with van der Waals surface area (Å²) < 4.78 is 69.6. The van der Waals surface area contributed by atoms with Gasteiger partial charge in [-0.15, -0.1) is 0 Å². The van der Waals surface area contributed by atoms with Crippen LogP contribution in [-0.2, 0) is 27.5 Å². The third kappa shape index (κ3) is 6.18. The van der Waals surface area contributed by atoms with Crippen LogP contribution >= 0.6 is 11.6 Å². The minimum Gasteiger partial charge on any atom is -0.466 e. The van der Waals surface area contributed by atoms with Crippen molar-refractivity contribution in [3.05, 3.63) is 79.9 Å². The van der Waals surface area contributed by atoms with E-state index < -0.39 is 47.2 Å². The van der Waals surface area contributed by atoms with Crippen LogP contribution in [0.1, 0.15) is 12.6 Å². The van der Waals surface area contributed by atoms with Gasteiger partial charge >= 0.3 is 17.8 Å². The van der Waals surface area contributed by atoms with E-state index in [9.17, 15) is 31.9 Å². The molecule has 14 heteroatoms. The first-order chi connectivity index (χ1) is 16.3. The van der Waals surface area contributed by atoms with Crippen molar-refractivity contribution in [1.82, 2.24) is 9.13 Å². The highest BCUT2D eigenvalue weighted by Crippen LogP contribution is 2.32. The normalized spacial score (nSPS) is 12.3. The Labute approximate surface area is 200 Å². The van der Waals surface area contributed by atoms with Crippen LogP contribution in [0.25, 0.3) is 5.69 Å². The lowest BCUT2D eigenvalue weighted by Gasteiger charge is -2.16. The number of hydrogen-bond donors (Lipinski definition) is 0. The molecule has 2 rings (SSSR count). The smallest absolute Gasteiger partial charge is 0.431 e. The Morgan fingerprint density at radius 2 is 1.91 bits per heavy atom. The van der Waals surface area contributed by atoms with Gasteiger partial charge in [0.1, 0.15) is 17.3 Å². The third-order valence-electron chi connectivity index (χ3n) is 4.27. The van der Waals surface area contributed by atoms with Gasteiger partial charge in [-0.05, 0) is 19.1 Å². The van der Waals surface area contributed by atoms with Gasteiger partial charge in [0, 0.05) is 25.4 Å². The molecule has 2 aromatic rings. The number of allylic oxidation sites excluding steroid dienone is 1. The summed E-state index contributed by atoms with van der Waals surface area (Å²) in [4.78, 5) is 40.2. The Hall–Kier alpha value is -3.87. The van der Waals surface area contributed by atoms with E-state index in [1.165, 1.54) is 13.1 Å². The second-order valence-electron chi connectivity index (χ2n) is 6.50. The van der Waals surface area contributed by atoms with Gasteiger partial charge < -0.3 is 14.2 Å². The fraction of sp³-hybridized carbons (Fsp3) is 0.238. The Morgan fingerprint density at radius 3 is 2.46 bits per heavy atom. The van der Waals surface area contributed by atoms with Crippen LogP contribution < -0.4 is 16.0 Å². The number of alkyl halides is 3. The van der Waals surface area contributed by atoms with Crippen molar-refractivity contribution in [2.24, 2.45) is 12.0 Å². The molecule has 0 radical (unpaired) electrons. The van der Waals surface area contributed by atoms with Gasteiger partial charge in [-0.25, -0.2) is 23.5 Å². The summed E-state index contributed by atoms with van der Waals surface area (Å²) in [5.74, 6) is -2.73. The number of aliphatic imine (C=N–C) groups is 1. The van der Waals surface area contributed by atoms with Crippen LogP contribution in [0.3, 0.4) is 0 Å². The third-order valence-corrected chi connectivity index (χ3v) is 4.57. The van der Waals surface area contributed by atoms with E-state index in [4.69, 9.17) is 21.1 Å². The van der Waals surface area contributed by atoms with Crippen LogP contribution in [0.4, 0.5) is 17.6 Å². The quantitative estimate of drug-likeness (QED) is 0.174. The second-order valence-corrected chi connectivity index (χ2v) is 6.91. The van der Waals surface area contributed by atoms with Gasteiger partial charge in [0.25, 0.3) is 11.4 Å². The van der Waals surface area contributed by atoms with Gasteiger partial charge in [0.05, 0.1) is 17.8 Å². The molecule has 188 valence electrons. The number of halogens is 5. The molecule has 0 fully saturated rings. The average Bonchev–Trinajstić information content (AvgIpc) is 2.78. The largest absolute Gasteiger partial charge is 0.466 e. The summed E-state index contributed by atoms with van der Waals surface area (Å²) in [5, 5.41) is -0.338. The van der Waals surface area contributed by atoms with Gasteiger partial charge in [0.15, 0.2) is 12.4 Å². The van der Waals surface area contributed by atoms with Crippen LogP contribution in [0, 0.1) is 5.82 Å². The van der Waals surface area contributed by atoms with E-state index in [0.29, 0.717) is 6.07 Å². The first kappa shape index (κ1) is 27.4. The van der Waals surface area contributed by atoms with Crippen molar-refractivity contribution in [1.29, 1.82) is 0 Å². The van der Waals surface area contributed by atoms with Crippen molar-refractivity contribution in [2.75, 3.05) is 13.7 Å². The second kappa shape index (κ2) is 11.0. The monoisotopic (exact) mass is 519 g/mol. The first-order valence-electron chi connectivity index (χ1n) is 9.48. The molecule has 0 saturated carbocycles. The fourth-order valence-corrected chi connectivity index (χ4v) is 2.84. The first-order valence-corrected chi connectivity index (χ1v) is 9.86. The van der Waals surface area contributed by atoms with Crippen molar-refractivity contribution in [3.63, 3.8) is 0 Å². The highest BCUT2D eigenvalue weighted by atomic mass is 35.5. The summed E-state index contributed by atoms with van der Waals surface area (Å²) in [7, 11) is 1.91. The highest BCUT2D eigenvalue weighted by Gasteiger charge is 2.35. The van der Waals surface area contributed by atoms with Crippen molar-refractivity contribution >= 4 is 23.8 Å². The van der Waals surface area contributed by atoms with Crippen LogP contribution in [-0.4, -0.2) is 35.0 Å². The molecule has 0 aliphatic carbocycles. The Kier molecular flexibility index (Phi) is 8.63. The molecule has 0 bridgehead atoms. The summed E-state index contributed by atoms with van der Waals surface area (Å²) in [5.41, 5.74) is -5.15. The molecule has 0 spiro atoms. The molecule has 1 aromatic carbocycles. The van der Waals surface area contributed by atoms with E-state index in [0.717, 1.165) is 26.3 Å². The predicted octanol–water partition coefficient (Wildman–Crippen LogP) is 3.36. The standard InChI is InChI=1S/C21H18ClF4N3O6/c1-5-14(19(27-6-2)34-10-18(31)33-4)35-15-8-13(12(23)7-11(15)22)29-17(30)9-16(21(24,25)26)28(3)20(29)32/h5-9H,1,10H2,2-4H3/b19-14-,27-6?. The number of ether oxygens (including phenoxy) is 3. The van der Waals surface area contributed by atoms with Crippen molar-refractivity contribution in [3.8, 4) is 11.4 Å². The average molecular weight is 520 g/mol. The number of hydrogen-bond acceptors (Lipinski definition) is 7. The Bertz CT molecular complexity index is 1330. The number of carbonyl (C=O) groups is 1. The molecule has 0 saturated heterocycles. The van der Waals surface area contributed by atoms with E-state index >= 15 is 0 Å². The molecule has 0 aliphatic rings. The van der Waals surface area contributed by atoms with Crippen LogP contribution in [0.2, 0.25) is 5.02 Å². The molecule has 0 unspecified atom stereocenters. The summed E-state index contributed by atoms with van der Waals surface area (Å²) in [6.45, 7) is 4.50. The molecule has 0 aliphatic heterocycles. The maximum atomic E-state index is 14.7. The maximum absolute atomic E-state index is 14.7. The summed E-state index contributed by atoms with van der Waals surface area (Å²) >= 11 is 6.02. The molecule has 9 nitrogen and oxygen atoms in total. The highest BCUT2D eigenvalue weighted by molar-refractivity contribution is 6.32. The lowest BCUT2D eigenvalue weighted by atomic mass is 10.2. The Balaban J connectivity index is 2.66. The molecular weight excluding hydrogens is 502 g/mol. The predicted molar refractivity (Wildman–Crippen MR) is 117 cm³/mol. The van der Waals surface area contributed by atoms with Crippen molar-refractivity contribution in [2.45, 2.75) is 13.1 Å². The van der Waals surface area contributed by atoms with E-state index in [1.54, 1.807) is 0 Å². The van der Waals surface area contributed by atoms with Gasteiger partial charge in [0.2, 0.25) is 0 Å². The zero-order chi connectivity index (χ0) is 26.5. The lowest BCUT2D eigenvalue weighted by molar-refractivity contribution is -0.145.